The largest absolute Gasteiger partial charge is 0.362 e. The third kappa shape index (κ3) is 4.46. The summed E-state index contributed by atoms with van der Waals surface area (Å²) in [5.41, 5.74) is 2.55. The summed E-state index contributed by atoms with van der Waals surface area (Å²) in [7, 11) is 1.63. The molecule has 4 rings (SSSR count). The van der Waals surface area contributed by atoms with Gasteiger partial charge in [0.05, 0.1) is 11.0 Å². The zero-order valence-corrected chi connectivity index (χ0v) is 17.3. The van der Waals surface area contributed by atoms with E-state index in [1.807, 2.05) is 37.4 Å². The summed E-state index contributed by atoms with van der Waals surface area (Å²) in [6.45, 7) is 2.31. The molecule has 0 radical (unpaired) electrons. The van der Waals surface area contributed by atoms with Crippen LogP contribution in [-0.4, -0.2) is 38.7 Å². The number of hydrogen-bond donors (Lipinski definition) is 4. The van der Waals surface area contributed by atoms with E-state index in [2.05, 4.69) is 57.2 Å². The molecule has 0 bridgehead atoms. The number of ether oxygens (including phenoxy) is 1. The number of nitrogens with one attached hydrogen (secondary N) is 4. The Morgan fingerprint density at radius 1 is 1.34 bits per heavy atom. The average Bonchev–Trinajstić information content (AvgIpc) is 3.37. The molecule has 4 N–H and O–H groups in total. The fourth-order valence-electron chi connectivity index (χ4n) is 2.73. The minimum atomic E-state index is -0.264. The molecule has 0 saturated carbocycles. The number of rotatable bonds is 7. The van der Waals surface area contributed by atoms with Gasteiger partial charge in [-0.2, -0.15) is 10.1 Å². The molecule has 0 aromatic carbocycles. The van der Waals surface area contributed by atoms with Gasteiger partial charge in [0, 0.05) is 36.7 Å². The molecule has 1 atom stereocenters. The molecule has 3 aromatic rings. The smallest absolute Gasteiger partial charge is 0.225 e. The van der Waals surface area contributed by atoms with Crippen LogP contribution in [0, 0.1) is 6.92 Å². The van der Waals surface area contributed by atoms with Gasteiger partial charge < -0.3 is 25.2 Å². The minimum Gasteiger partial charge on any atom is -0.362 e. The first-order valence-electron chi connectivity index (χ1n) is 8.79. The van der Waals surface area contributed by atoms with Crippen molar-refractivity contribution in [3.8, 4) is 0 Å². The number of allylic oxidation sites excluding steroid dienone is 2. The van der Waals surface area contributed by atoms with Crippen molar-refractivity contribution in [1.82, 2.24) is 30.6 Å². The normalized spacial score (nSPS) is 15.7. The van der Waals surface area contributed by atoms with Crippen molar-refractivity contribution in [2.45, 2.75) is 19.7 Å². The zero-order valence-electron chi connectivity index (χ0n) is 15.7. The van der Waals surface area contributed by atoms with Crippen LogP contribution in [0.2, 0.25) is 0 Å². The molecule has 11 heteroatoms. The maximum atomic E-state index is 5.43. The van der Waals surface area contributed by atoms with Crippen LogP contribution >= 0.6 is 15.9 Å². The number of H-pyrrole nitrogens is 1. The highest BCUT2D eigenvalue weighted by Gasteiger charge is 2.19. The molecule has 3 aromatic heterocycles. The monoisotopic (exact) mass is 458 g/mol. The van der Waals surface area contributed by atoms with Crippen molar-refractivity contribution in [2.24, 2.45) is 0 Å². The molecular weight excluding hydrogens is 440 g/mol. The highest BCUT2D eigenvalue weighted by Crippen LogP contribution is 2.24. The van der Waals surface area contributed by atoms with E-state index in [0.29, 0.717) is 35.6 Å². The highest BCUT2D eigenvalue weighted by molar-refractivity contribution is 9.10. The van der Waals surface area contributed by atoms with Gasteiger partial charge in [0.15, 0.2) is 23.6 Å². The van der Waals surface area contributed by atoms with Crippen molar-refractivity contribution in [2.75, 3.05) is 17.7 Å². The Morgan fingerprint density at radius 3 is 3.03 bits per heavy atom. The molecule has 1 unspecified atom stereocenters. The lowest BCUT2D eigenvalue weighted by molar-refractivity contribution is 0.131. The number of halogens is 1. The Hall–Kier alpha value is -3.18. The summed E-state index contributed by atoms with van der Waals surface area (Å²) >= 11 is 3.44. The maximum Gasteiger partial charge on any atom is 0.225 e. The van der Waals surface area contributed by atoms with Crippen molar-refractivity contribution >= 4 is 39.1 Å². The lowest BCUT2D eigenvalue weighted by atomic mass is 10.1. The first kappa shape index (κ1) is 19.2. The van der Waals surface area contributed by atoms with Crippen molar-refractivity contribution < 1.29 is 9.26 Å². The van der Waals surface area contributed by atoms with Gasteiger partial charge in [0.1, 0.15) is 5.69 Å². The number of anilines is 3. The molecule has 1 aliphatic rings. The molecule has 4 heterocycles. The maximum absolute atomic E-state index is 5.43. The van der Waals surface area contributed by atoms with Gasteiger partial charge in [0.2, 0.25) is 5.95 Å². The van der Waals surface area contributed by atoms with Gasteiger partial charge >= 0.3 is 0 Å². The van der Waals surface area contributed by atoms with Gasteiger partial charge in [-0.1, -0.05) is 11.2 Å². The van der Waals surface area contributed by atoms with E-state index in [4.69, 9.17) is 9.26 Å². The minimum absolute atomic E-state index is 0.264. The SMILES string of the molecule is COC1NC=CC=C1c1cc(CNc2ncc(Br)c(Nc3cc(C)[nH]n3)n2)on1. The predicted molar refractivity (Wildman–Crippen MR) is 111 cm³/mol. The number of aromatic amines is 1. The summed E-state index contributed by atoms with van der Waals surface area (Å²) < 4.78 is 11.6. The molecule has 150 valence electrons. The summed E-state index contributed by atoms with van der Waals surface area (Å²) in [4.78, 5) is 8.74. The van der Waals surface area contributed by atoms with E-state index in [9.17, 15) is 0 Å². The molecule has 10 nitrogen and oxygen atoms in total. The summed E-state index contributed by atoms with van der Waals surface area (Å²) in [6.07, 6.45) is 7.05. The van der Waals surface area contributed by atoms with Crippen LogP contribution in [0.3, 0.4) is 0 Å². The molecular formula is C18H19BrN8O2. The Morgan fingerprint density at radius 2 is 2.24 bits per heavy atom. The van der Waals surface area contributed by atoms with Crippen molar-refractivity contribution in [3.63, 3.8) is 0 Å². The second kappa shape index (κ2) is 8.45. The molecule has 0 aliphatic carbocycles. The fraction of sp³-hybridized carbons (Fsp3) is 0.222. The number of hydrogen-bond acceptors (Lipinski definition) is 9. The van der Waals surface area contributed by atoms with E-state index in [0.717, 1.165) is 15.7 Å². The van der Waals surface area contributed by atoms with Gasteiger partial charge in [-0.3, -0.25) is 5.10 Å². The highest BCUT2D eigenvalue weighted by atomic mass is 79.9. The van der Waals surface area contributed by atoms with E-state index < -0.39 is 0 Å². The number of nitrogens with zero attached hydrogens (tertiary/aromatic N) is 4. The zero-order chi connectivity index (χ0) is 20.2. The molecule has 0 saturated heterocycles. The molecule has 0 amide bonds. The molecule has 0 spiro atoms. The van der Waals surface area contributed by atoms with Crippen LogP contribution in [-0.2, 0) is 11.3 Å². The number of aryl methyl sites for hydroxylation is 1. The lowest BCUT2D eigenvalue weighted by Crippen LogP contribution is -2.29. The van der Waals surface area contributed by atoms with Gasteiger partial charge in [-0.05, 0) is 35.1 Å². The second-order valence-corrected chi connectivity index (χ2v) is 7.10. The second-order valence-electron chi connectivity index (χ2n) is 6.25. The topological polar surface area (TPSA) is 126 Å². The first-order chi connectivity index (χ1) is 14.1. The summed E-state index contributed by atoms with van der Waals surface area (Å²) in [6, 6.07) is 3.74. The molecule has 1 aliphatic heterocycles. The lowest BCUT2D eigenvalue weighted by Gasteiger charge is -2.19. The van der Waals surface area contributed by atoms with Crippen LogP contribution in [0.15, 0.2) is 45.7 Å². The van der Waals surface area contributed by atoms with Crippen LogP contribution < -0.4 is 16.0 Å². The van der Waals surface area contributed by atoms with E-state index in [-0.39, 0.29) is 6.23 Å². The summed E-state index contributed by atoms with van der Waals surface area (Å²) in [5, 5.41) is 20.5. The van der Waals surface area contributed by atoms with E-state index in [1.165, 1.54) is 0 Å². The van der Waals surface area contributed by atoms with Crippen LogP contribution in [0.25, 0.3) is 5.57 Å². The Kier molecular flexibility index (Phi) is 5.58. The Labute approximate surface area is 175 Å². The third-order valence-electron chi connectivity index (χ3n) is 4.11. The fourth-order valence-corrected chi connectivity index (χ4v) is 3.02. The Balaban J connectivity index is 1.43. The van der Waals surface area contributed by atoms with Gasteiger partial charge in [0.25, 0.3) is 0 Å². The van der Waals surface area contributed by atoms with Gasteiger partial charge in [-0.25, -0.2) is 4.98 Å². The van der Waals surface area contributed by atoms with Crippen molar-refractivity contribution in [3.05, 3.63) is 58.3 Å². The quantitative estimate of drug-likeness (QED) is 0.422. The van der Waals surface area contributed by atoms with E-state index in [1.54, 1.807) is 13.3 Å². The van der Waals surface area contributed by atoms with E-state index >= 15 is 0 Å². The first-order valence-corrected chi connectivity index (χ1v) is 9.58. The van der Waals surface area contributed by atoms with Gasteiger partial charge in [-0.15, -0.1) is 0 Å². The van der Waals surface area contributed by atoms with Crippen LogP contribution in [0.5, 0.6) is 0 Å². The van der Waals surface area contributed by atoms with Crippen LogP contribution in [0.1, 0.15) is 17.1 Å². The Bertz CT molecular complexity index is 1060. The molecule has 29 heavy (non-hydrogen) atoms. The average molecular weight is 459 g/mol. The summed E-state index contributed by atoms with van der Waals surface area (Å²) in [5.74, 6) is 2.36. The predicted octanol–water partition coefficient (Wildman–Crippen LogP) is 3.09. The number of methoxy groups -OCH3 is 1. The van der Waals surface area contributed by atoms with Crippen molar-refractivity contribution in [1.29, 1.82) is 0 Å². The van der Waals surface area contributed by atoms with Crippen LogP contribution in [0.4, 0.5) is 17.6 Å². The third-order valence-corrected chi connectivity index (χ3v) is 4.69. The molecule has 0 fully saturated rings. The number of dihydropyridines is 1. The number of aromatic nitrogens is 5. The standard InChI is InChI=1S/C18H19BrN8O2/c1-10-6-15(26-25-10)23-16-13(19)9-22-18(24-16)21-8-11-7-14(27-29-11)12-4-3-5-20-17(12)28-2/h3-7,9,17,20H,8H2,1-2H3,(H3,21,22,23,24,25,26).